The number of aromatic nitrogens is 2. The Hall–Kier alpha value is -3.01. The van der Waals surface area contributed by atoms with Crippen molar-refractivity contribution < 1.29 is 13.2 Å². The molecule has 0 unspecified atom stereocenters. The second kappa shape index (κ2) is 6.99. The van der Waals surface area contributed by atoms with Gasteiger partial charge in [0.1, 0.15) is 5.82 Å². The molecule has 0 amide bonds. The first-order valence-electron chi connectivity index (χ1n) is 11.6. The Morgan fingerprint density at radius 3 is 2.15 bits per heavy atom. The minimum absolute atomic E-state index is 0.0402. The predicted molar refractivity (Wildman–Crippen MR) is 121 cm³/mol. The van der Waals surface area contributed by atoms with Crippen molar-refractivity contribution in [1.82, 2.24) is 9.61 Å². The molecule has 0 atom stereocenters. The lowest BCUT2D eigenvalue weighted by atomic mass is 9.53. The first-order valence-corrected chi connectivity index (χ1v) is 11.6. The third-order valence-electron chi connectivity index (χ3n) is 7.96. The molecule has 0 spiro atoms. The summed E-state index contributed by atoms with van der Waals surface area (Å²) >= 11 is 0. The predicted octanol–water partition coefficient (Wildman–Crippen LogP) is 7.26. The molecule has 33 heavy (non-hydrogen) atoms. The Labute approximate surface area is 190 Å². The lowest BCUT2D eigenvalue weighted by Gasteiger charge is -2.57. The normalized spacial score (nSPS) is 28.3. The maximum Gasteiger partial charge on any atom is 0.416 e. The fourth-order valence-electron chi connectivity index (χ4n) is 7.03. The van der Waals surface area contributed by atoms with Gasteiger partial charge in [0.15, 0.2) is 0 Å². The molecule has 4 saturated carbocycles. The SMILES string of the molecule is [C-]#[N+]c1c(C)nn2c(NC34CC5CC(CC(C5)C3)C4)cc(-c3ccc(C(F)(F)F)cc3)cc12. The van der Waals surface area contributed by atoms with Crippen LogP contribution in [0.25, 0.3) is 21.5 Å². The van der Waals surface area contributed by atoms with Gasteiger partial charge in [0.05, 0.1) is 23.3 Å². The highest BCUT2D eigenvalue weighted by molar-refractivity contribution is 5.83. The lowest BCUT2D eigenvalue weighted by molar-refractivity contribution is -0.137. The molecule has 3 aromatic rings. The number of nitrogens with one attached hydrogen (secondary N) is 1. The summed E-state index contributed by atoms with van der Waals surface area (Å²) < 4.78 is 41.0. The van der Waals surface area contributed by atoms with E-state index in [0.29, 0.717) is 22.5 Å². The third kappa shape index (κ3) is 3.38. The Balaban J connectivity index is 1.45. The first-order chi connectivity index (χ1) is 15.7. The van der Waals surface area contributed by atoms with Crippen molar-refractivity contribution in [3.05, 3.63) is 59.1 Å². The van der Waals surface area contributed by atoms with E-state index in [9.17, 15) is 13.2 Å². The summed E-state index contributed by atoms with van der Waals surface area (Å²) in [5, 5.41) is 8.51. The molecule has 4 aliphatic rings. The molecular weight excluding hydrogens is 425 g/mol. The highest BCUT2D eigenvalue weighted by Crippen LogP contribution is 2.56. The van der Waals surface area contributed by atoms with Crippen molar-refractivity contribution in [1.29, 1.82) is 0 Å². The van der Waals surface area contributed by atoms with Gasteiger partial charge >= 0.3 is 6.18 Å². The summed E-state index contributed by atoms with van der Waals surface area (Å²) in [6.45, 7) is 9.47. The Bertz CT molecular complexity index is 1240. The van der Waals surface area contributed by atoms with Crippen LogP contribution in [0.4, 0.5) is 24.7 Å². The Kier molecular flexibility index (Phi) is 4.36. The van der Waals surface area contributed by atoms with Gasteiger partial charge in [-0.05, 0) is 98.6 Å². The molecule has 1 aromatic carbocycles. The highest BCUT2D eigenvalue weighted by Gasteiger charge is 2.51. The molecular formula is C26H25F3N4. The van der Waals surface area contributed by atoms with Gasteiger partial charge in [-0.3, -0.25) is 0 Å². The molecule has 7 rings (SSSR count). The van der Waals surface area contributed by atoms with E-state index in [1.807, 2.05) is 23.6 Å². The standard InChI is InChI=1S/C26H25F3N4/c1-15-24(30-2)22-10-20(19-3-5-21(6-4-19)26(27,28)29)11-23(33(22)32-15)31-25-12-16-7-17(13-25)9-18(8-16)14-25/h3-6,10-11,16-18,31H,7-9,12-14H2,1H3. The number of nitrogens with zero attached hydrogens (tertiary/aromatic N) is 3. The van der Waals surface area contributed by atoms with Gasteiger partial charge in [0.2, 0.25) is 5.69 Å². The molecule has 0 radical (unpaired) electrons. The fraction of sp³-hybridized carbons (Fsp3) is 0.462. The summed E-state index contributed by atoms with van der Waals surface area (Å²) in [5.74, 6) is 3.14. The van der Waals surface area contributed by atoms with Crippen LogP contribution in [-0.2, 0) is 6.18 Å². The van der Waals surface area contributed by atoms with Crippen LogP contribution in [0.15, 0.2) is 36.4 Å². The van der Waals surface area contributed by atoms with Crippen molar-refractivity contribution in [3.8, 4) is 11.1 Å². The van der Waals surface area contributed by atoms with Crippen LogP contribution in [0.3, 0.4) is 0 Å². The molecule has 2 heterocycles. The van der Waals surface area contributed by atoms with E-state index in [0.717, 1.165) is 60.5 Å². The number of benzene rings is 1. The number of fused-ring (bicyclic) bond motifs is 1. The zero-order valence-corrected chi connectivity index (χ0v) is 18.4. The van der Waals surface area contributed by atoms with Crippen LogP contribution in [-0.4, -0.2) is 15.2 Å². The molecule has 4 nitrogen and oxygen atoms in total. The minimum Gasteiger partial charge on any atom is -0.365 e. The molecule has 7 heteroatoms. The molecule has 1 N–H and O–H groups in total. The van der Waals surface area contributed by atoms with E-state index in [1.165, 1.54) is 31.4 Å². The van der Waals surface area contributed by atoms with E-state index < -0.39 is 11.7 Å². The first kappa shape index (κ1) is 20.6. The fourth-order valence-corrected chi connectivity index (χ4v) is 7.03. The summed E-state index contributed by atoms with van der Waals surface area (Å²) in [7, 11) is 0. The second-order valence-electron chi connectivity index (χ2n) is 10.4. The summed E-state index contributed by atoms with van der Waals surface area (Å²) in [6.07, 6.45) is 3.11. The smallest absolute Gasteiger partial charge is 0.365 e. The topological polar surface area (TPSA) is 33.7 Å². The lowest BCUT2D eigenvalue weighted by Crippen LogP contribution is -2.55. The van der Waals surface area contributed by atoms with Gasteiger partial charge in [0.25, 0.3) is 0 Å². The zero-order valence-electron chi connectivity index (χ0n) is 18.4. The maximum atomic E-state index is 13.1. The van der Waals surface area contributed by atoms with Crippen LogP contribution in [0, 0.1) is 31.2 Å². The van der Waals surface area contributed by atoms with Crippen LogP contribution in [0.1, 0.15) is 49.8 Å². The van der Waals surface area contributed by atoms with Crippen molar-refractivity contribution in [2.24, 2.45) is 17.8 Å². The van der Waals surface area contributed by atoms with Crippen molar-refractivity contribution in [2.45, 2.75) is 57.2 Å². The monoisotopic (exact) mass is 450 g/mol. The summed E-state index contributed by atoms with van der Waals surface area (Å²) in [6, 6.07) is 9.08. The number of rotatable bonds is 3. The molecule has 0 saturated heterocycles. The number of aryl methyl sites for hydroxylation is 1. The average molecular weight is 451 g/mol. The minimum atomic E-state index is -4.37. The molecule has 2 aromatic heterocycles. The van der Waals surface area contributed by atoms with Gasteiger partial charge < -0.3 is 5.32 Å². The second-order valence-corrected chi connectivity index (χ2v) is 10.4. The highest BCUT2D eigenvalue weighted by atomic mass is 19.4. The van der Waals surface area contributed by atoms with Crippen LogP contribution in [0.2, 0.25) is 0 Å². The van der Waals surface area contributed by atoms with Crippen LogP contribution >= 0.6 is 0 Å². The number of hydrogen-bond acceptors (Lipinski definition) is 2. The number of halogens is 3. The molecule has 4 fully saturated rings. The van der Waals surface area contributed by atoms with Gasteiger partial charge in [-0.25, -0.2) is 9.36 Å². The van der Waals surface area contributed by atoms with E-state index >= 15 is 0 Å². The number of pyridine rings is 1. The van der Waals surface area contributed by atoms with E-state index in [1.54, 1.807) is 0 Å². The van der Waals surface area contributed by atoms with E-state index in [2.05, 4.69) is 15.3 Å². The molecule has 4 aliphatic carbocycles. The largest absolute Gasteiger partial charge is 0.416 e. The number of alkyl halides is 3. The average Bonchev–Trinajstić information content (AvgIpc) is 3.07. The summed E-state index contributed by atoms with van der Waals surface area (Å²) in [5.41, 5.74) is 2.68. The Morgan fingerprint density at radius 2 is 1.61 bits per heavy atom. The van der Waals surface area contributed by atoms with Gasteiger partial charge in [-0.1, -0.05) is 12.1 Å². The third-order valence-corrected chi connectivity index (χ3v) is 7.96. The van der Waals surface area contributed by atoms with Gasteiger partial charge in [-0.2, -0.15) is 18.3 Å². The summed E-state index contributed by atoms with van der Waals surface area (Å²) in [4.78, 5) is 3.70. The number of anilines is 1. The van der Waals surface area contributed by atoms with Gasteiger partial charge in [0, 0.05) is 5.54 Å². The quantitative estimate of drug-likeness (QED) is 0.426. The van der Waals surface area contributed by atoms with Crippen LogP contribution in [0.5, 0.6) is 0 Å². The molecule has 0 aliphatic heterocycles. The van der Waals surface area contributed by atoms with Crippen molar-refractivity contribution in [2.75, 3.05) is 5.32 Å². The van der Waals surface area contributed by atoms with Crippen molar-refractivity contribution in [3.63, 3.8) is 0 Å². The van der Waals surface area contributed by atoms with Gasteiger partial charge in [-0.15, -0.1) is 0 Å². The van der Waals surface area contributed by atoms with Crippen LogP contribution < -0.4 is 5.32 Å². The van der Waals surface area contributed by atoms with Crippen molar-refractivity contribution >= 4 is 17.0 Å². The molecule has 4 bridgehead atoms. The zero-order chi connectivity index (χ0) is 23.0. The van der Waals surface area contributed by atoms with E-state index in [-0.39, 0.29) is 5.54 Å². The number of hydrogen-bond donors (Lipinski definition) is 1. The maximum absolute atomic E-state index is 13.1. The van der Waals surface area contributed by atoms with E-state index in [4.69, 9.17) is 6.57 Å². The Morgan fingerprint density at radius 1 is 1.00 bits per heavy atom. The molecule has 170 valence electrons.